The molecule has 5 nitrogen and oxygen atoms in total. The quantitative estimate of drug-likeness (QED) is 0.897. The highest BCUT2D eigenvalue weighted by Crippen LogP contribution is 2.29. The molecule has 1 amide bonds. The molecule has 4 heterocycles. The molecular formula is C18H22N4OS. The molecule has 1 aromatic heterocycles. The normalized spacial score (nSPS) is 25.5. The van der Waals surface area contributed by atoms with Crippen molar-refractivity contribution in [1.29, 1.82) is 0 Å². The first-order chi connectivity index (χ1) is 11.7. The van der Waals surface area contributed by atoms with Crippen molar-refractivity contribution in [3.63, 3.8) is 0 Å². The topological polar surface area (TPSA) is 57.3 Å². The highest BCUT2D eigenvalue weighted by atomic mass is 32.1. The van der Waals surface area contributed by atoms with Gasteiger partial charge in [-0.2, -0.15) is 0 Å². The number of hydrogen-bond donors (Lipinski definition) is 2. The van der Waals surface area contributed by atoms with Gasteiger partial charge in [0.25, 0.3) is 5.91 Å². The molecular weight excluding hydrogens is 320 g/mol. The molecule has 2 aromatic rings. The minimum atomic E-state index is 0.0160. The number of nitrogens with zero attached hydrogens (tertiary/aromatic N) is 2. The van der Waals surface area contributed by atoms with Crippen LogP contribution in [0.3, 0.4) is 0 Å². The molecule has 1 aromatic carbocycles. The van der Waals surface area contributed by atoms with Gasteiger partial charge in [-0.1, -0.05) is 12.1 Å². The number of fused-ring (bicyclic) bond motifs is 3. The first kappa shape index (κ1) is 15.6. The van der Waals surface area contributed by atoms with Gasteiger partial charge in [0, 0.05) is 30.9 Å². The van der Waals surface area contributed by atoms with Crippen LogP contribution in [0.1, 0.15) is 22.5 Å². The molecule has 1 atom stereocenters. The molecule has 2 N–H and O–H groups in total. The van der Waals surface area contributed by atoms with E-state index in [0.717, 1.165) is 22.8 Å². The average Bonchev–Trinajstić information content (AvgIpc) is 3.13. The van der Waals surface area contributed by atoms with Gasteiger partial charge in [-0.3, -0.25) is 4.79 Å². The number of nitrogens with one attached hydrogen (secondary N) is 2. The molecule has 2 bridgehead atoms. The fourth-order valence-electron chi connectivity index (χ4n) is 3.69. The van der Waals surface area contributed by atoms with Crippen LogP contribution in [-0.2, 0) is 0 Å². The number of aromatic nitrogens is 1. The van der Waals surface area contributed by atoms with E-state index in [0.29, 0.717) is 10.8 Å². The van der Waals surface area contributed by atoms with E-state index in [1.54, 1.807) is 6.20 Å². The molecule has 126 valence electrons. The van der Waals surface area contributed by atoms with E-state index >= 15 is 0 Å². The van der Waals surface area contributed by atoms with E-state index in [-0.39, 0.29) is 11.9 Å². The predicted octanol–water partition coefficient (Wildman–Crippen LogP) is 2.68. The van der Waals surface area contributed by atoms with Crippen molar-refractivity contribution in [3.8, 4) is 10.6 Å². The Morgan fingerprint density at radius 2 is 2.17 bits per heavy atom. The van der Waals surface area contributed by atoms with Crippen molar-refractivity contribution in [2.45, 2.75) is 18.9 Å². The molecule has 3 saturated heterocycles. The number of anilines is 1. The van der Waals surface area contributed by atoms with Crippen LogP contribution in [0.25, 0.3) is 10.6 Å². The maximum absolute atomic E-state index is 12.6. The molecule has 3 fully saturated rings. The Labute approximate surface area is 146 Å². The number of carbonyl (C=O) groups is 1. The van der Waals surface area contributed by atoms with Gasteiger partial charge >= 0.3 is 0 Å². The third-order valence-electron chi connectivity index (χ3n) is 5.10. The standard InChI is InChI=1S/C18H22N4OS/c1-19-14-4-2-3-13(9-14)18-20-10-16(24-18)17(23)21-15-11-22-7-5-12(15)6-8-22/h2-4,9-10,12,15,19H,5-8,11H2,1H3,(H,21,23). The van der Waals surface area contributed by atoms with Gasteiger partial charge < -0.3 is 15.5 Å². The van der Waals surface area contributed by atoms with Crippen LogP contribution in [0.15, 0.2) is 30.5 Å². The van der Waals surface area contributed by atoms with Gasteiger partial charge in [0.05, 0.1) is 6.20 Å². The van der Waals surface area contributed by atoms with Crippen molar-refractivity contribution in [2.24, 2.45) is 5.92 Å². The summed E-state index contributed by atoms with van der Waals surface area (Å²) in [6.07, 6.45) is 4.11. The van der Waals surface area contributed by atoms with Gasteiger partial charge in [0.15, 0.2) is 0 Å². The van der Waals surface area contributed by atoms with E-state index in [2.05, 4.69) is 20.5 Å². The Hall–Kier alpha value is -1.92. The predicted molar refractivity (Wildman–Crippen MR) is 97.5 cm³/mol. The van der Waals surface area contributed by atoms with Crippen LogP contribution in [-0.4, -0.2) is 48.5 Å². The van der Waals surface area contributed by atoms with Crippen LogP contribution in [0, 0.1) is 5.92 Å². The number of benzene rings is 1. The molecule has 5 rings (SSSR count). The number of rotatable bonds is 4. The third kappa shape index (κ3) is 3.03. The molecule has 6 heteroatoms. The van der Waals surface area contributed by atoms with Crippen LogP contribution in [0.5, 0.6) is 0 Å². The first-order valence-electron chi connectivity index (χ1n) is 8.50. The second-order valence-corrected chi connectivity index (χ2v) is 7.61. The summed E-state index contributed by atoms with van der Waals surface area (Å²) in [5, 5.41) is 7.24. The summed E-state index contributed by atoms with van der Waals surface area (Å²) < 4.78 is 0. The lowest BCUT2D eigenvalue weighted by atomic mass is 9.84. The third-order valence-corrected chi connectivity index (χ3v) is 6.15. The molecule has 0 spiro atoms. The van der Waals surface area contributed by atoms with E-state index in [9.17, 15) is 4.79 Å². The molecule has 3 aliphatic heterocycles. The summed E-state index contributed by atoms with van der Waals surface area (Å²) in [4.78, 5) is 20.2. The van der Waals surface area contributed by atoms with E-state index < -0.39 is 0 Å². The Bertz CT molecular complexity index is 736. The van der Waals surface area contributed by atoms with Gasteiger partial charge in [0.2, 0.25) is 0 Å². The molecule has 0 radical (unpaired) electrons. The Balaban J connectivity index is 1.47. The zero-order chi connectivity index (χ0) is 16.5. The average molecular weight is 342 g/mol. The summed E-state index contributed by atoms with van der Waals surface area (Å²) in [5.41, 5.74) is 2.08. The van der Waals surface area contributed by atoms with Gasteiger partial charge in [-0.25, -0.2) is 4.98 Å². The summed E-state index contributed by atoms with van der Waals surface area (Å²) >= 11 is 1.46. The maximum Gasteiger partial charge on any atom is 0.263 e. The monoisotopic (exact) mass is 342 g/mol. The molecule has 0 aliphatic carbocycles. The van der Waals surface area contributed by atoms with Gasteiger partial charge in [-0.05, 0) is 44.0 Å². The Morgan fingerprint density at radius 3 is 2.88 bits per heavy atom. The minimum absolute atomic E-state index is 0.0160. The van der Waals surface area contributed by atoms with Gasteiger partial charge in [0.1, 0.15) is 9.88 Å². The fourth-order valence-corrected chi connectivity index (χ4v) is 4.50. The van der Waals surface area contributed by atoms with Crippen molar-refractivity contribution < 1.29 is 4.79 Å². The number of hydrogen-bond acceptors (Lipinski definition) is 5. The number of piperidine rings is 3. The highest BCUT2D eigenvalue weighted by molar-refractivity contribution is 7.16. The molecule has 24 heavy (non-hydrogen) atoms. The molecule has 3 aliphatic rings. The van der Waals surface area contributed by atoms with Crippen LogP contribution in [0.4, 0.5) is 5.69 Å². The summed E-state index contributed by atoms with van der Waals surface area (Å²) in [5.74, 6) is 0.654. The highest BCUT2D eigenvalue weighted by Gasteiger charge is 2.35. The lowest BCUT2D eigenvalue weighted by Crippen LogP contribution is -2.57. The van der Waals surface area contributed by atoms with Crippen LogP contribution >= 0.6 is 11.3 Å². The summed E-state index contributed by atoms with van der Waals surface area (Å²) in [6, 6.07) is 8.37. The van der Waals surface area contributed by atoms with Crippen molar-refractivity contribution in [3.05, 3.63) is 35.3 Å². The maximum atomic E-state index is 12.6. The second kappa shape index (κ2) is 6.53. The smallest absolute Gasteiger partial charge is 0.263 e. The lowest BCUT2D eigenvalue weighted by Gasteiger charge is -2.44. The van der Waals surface area contributed by atoms with E-state index in [4.69, 9.17) is 0 Å². The lowest BCUT2D eigenvalue weighted by molar-refractivity contribution is 0.0622. The van der Waals surface area contributed by atoms with Gasteiger partial charge in [-0.15, -0.1) is 11.3 Å². The summed E-state index contributed by atoms with van der Waals surface area (Å²) in [7, 11) is 1.90. The van der Waals surface area contributed by atoms with Crippen molar-refractivity contribution in [2.75, 3.05) is 32.0 Å². The molecule has 0 saturated carbocycles. The van der Waals surface area contributed by atoms with Crippen LogP contribution in [0.2, 0.25) is 0 Å². The zero-order valence-corrected chi connectivity index (χ0v) is 14.6. The Morgan fingerprint density at radius 1 is 1.33 bits per heavy atom. The number of carbonyl (C=O) groups excluding carboxylic acids is 1. The summed E-state index contributed by atoms with van der Waals surface area (Å²) in [6.45, 7) is 3.36. The minimum Gasteiger partial charge on any atom is -0.388 e. The van der Waals surface area contributed by atoms with Crippen molar-refractivity contribution in [1.82, 2.24) is 15.2 Å². The SMILES string of the molecule is CNc1cccc(-c2ncc(C(=O)NC3CN4CCC3CC4)s2)c1. The fraction of sp³-hybridized carbons (Fsp3) is 0.444. The first-order valence-corrected chi connectivity index (χ1v) is 9.32. The zero-order valence-electron chi connectivity index (χ0n) is 13.8. The number of amides is 1. The van der Waals surface area contributed by atoms with E-state index in [1.165, 1.54) is 37.3 Å². The van der Waals surface area contributed by atoms with Crippen molar-refractivity contribution >= 4 is 22.9 Å². The second-order valence-electron chi connectivity index (χ2n) is 6.58. The Kier molecular flexibility index (Phi) is 4.24. The van der Waals surface area contributed by atoms with Crippen LogP contribution < -0.4 is 10.6 Å². The largest absolute Gasteiger partial charge is 0.388 e. The molecule has 1 unspecified atom stereocenters. The van der Waals surface area contributed by atoms with E-state index in [1.807, 2.05) is 31.3 Å². The number of thiazole rings is 1.